The number of rotatable bonds is 6. The predicted molar refractivity (Wildman–Crippen MR) is 74.1 cm³/mol. The van der Waals surface area contributed by atoms with Crippen LogP contribution >= 0.6 is 0 Å². The summed E-state index contributed by atoms with van der Waals surface area (Å²) in [5, 5.41) is 9.67. The fourth-order valence-electron chi connectivity index (χ4n) is 1.79. The summed E-state index contributed by atoms with van der Waals surface area (Å²) in [5.41, 5.74) is 6.87. The van der Waals surface area contributed by atoms with Gasteiger partial charge in [0.1, 0.15) is 0 Å². The number of nitrogens with zero attached hydrogens (tertiary/aromatic N) is 1. The average molecular weight is 252 g/mol. The van der Waals surface area contributed by atoms with Gasteiger partial charge in [0.25, 0.3) is 0 Å². The summed E-state index contributed by atoms with van der Waals surface area (Å²) >= 11 is 0. The topological polar surface area (TPSA) is 58.7 Å². The van der Waals surface area contributed by atoms with E-state index < -0.39 is 0 Å². The Hall–Kier alpha value is -1.26. The van der Waals surface area contributed by atoms with Gasteiger partial charge in [-0.05, 0) is 52.1 Å². The first kappa shape index (κ1) is 14.8. The van der Waals surface area contributed by atoms with Crippen molar-refractivity contribution in [1.29, 1.82) is 0 Å². The Morgan fingerprint density at radius 2 is 2.06 bits per heavy atom. The molecule has 1 unspecified atom stereocenters. The van der Waals surface area contributed by atoms with E-state index in [0.29, 0.717) is 18.9 Å². The molecule has 4 nitrogen and oxygen atoms in total. The predicted octanol–water partition coefficient (Wildman–Crippen LogP) is 1.61. The SMILES string of the molecule is CCOc1cc(CC(C)(CN)N(C)C)ccc1O. The van der Waals surface area contributed by atoms with E-state index in [9.17, 15) is 5.11 Å². The Bertz CT molecular complexity index is 393. The highest BCUT2D eigenvalue weighted by Crippen LogP contribution is 2.29. The third-order valence-corrected chi connectivity index (χ3v) is 3.43. The second-order valence-electron chi connectivity index (χ2n) is 5.01. The zero-order chi connectivity index (χ0) is 13.8. The van der Waals surface area contributed by atoms with Crippen molar-refractivity contribution in [3.8, 4) is 11.5 Å². The van der Waals surface area contributed by atoms with Gasteiger partial charge in [0, 0.05) is 12.1 Å². The number of hydrogen-bond donors (Lipinski definition) is 2. The van der Waals surface area contributed by atoms with E-state index in [-0.39, 0.29) is 11.3 Å². The van der Waals surface area contributed by atoms with Crippen molar-refractivity contribution >= 4 is 0 Å². The van der Waals surface area contributed by atoms with E-state index in [1.165, 1.54) is 0 Å². The normalized spacial score (nSPS) is 14.6. The number of aromatic hydroxyl groups is 1. The summed E-state index contributed by atoms with van der Waals surface area (Å²) in [7, 11) is 4.05. The number of nitrogens with two attached hydrogens (primary N) is 1. The molecule has 0 aliphatic heterocycles. The van der Waals surface area contributed by atoms with Crippen molar-refractivity contribution in [3.63, 3.8) is 0 Å². The number of likely N-dealkylation sites (N-methyl/N-ethyl adjacent to an activating group) is 1. The van der Waals surface area contributed by atoms with Crippen LogP contribution in [0.25, 0.3) is 0 Å². The smallest absolute Gasteiger partial charge is 0.161 e. The summed E-state index contributed by atoms with van der Waals surface area (Å²) in [6, 6.07) is 5.47. The molecule has 0 saturated heterocycles. The minimum atomic E-state index is -0.0968. The first-order valence-electron chi connectivity index (χ1n) is 6.25. The highest BCUT2D eigenvalue weighted by molar-refractivity contribution is 5.42. The van der Waals surface area contributed by atoms with Crippen LogP contribution in [0.5, 0.6) is 11.5 Å². The molecule has 1 aromatic rings. The number of ether oxygens (including phenoxy) is 1. The van der Waals surface area contributed by atoms with Crippen molar-refractivity contribution < 1.29 is 9.84 Å². The maximum atomic E-state index is 9.67. The monoisotopic (exact) mass is 252 g/mol. The molecule has 0 aromatic heterocycles. The van der Waals surface area contributed by atoms with E-state index in [1.54, 1.807) is 6.07 Å². The molecule has 0 heterocycles. The fraction of sp³-hybridized carbons (Fsp3) is 0.571. The lowest BCUT2D eigenvalue weighted by Crippen LogP contribution is -2.49. The molecule has 1 aromatic carbocycles. The lowest BCUT2D eigenvalue weighted by molar-refractivity contribution is 0.180. The van der Waals surface area contributed by atoms with Crippen LogP contribution in [0, 0.1) is 0 Å². The van der Waals surface area contributed by atoms with Gasteiger partial charge >= 0.3 is 0 Å². The van der Waals surface area contributed by atoms with Gasteiger partial charge in [-0.3, -0.25) is 0 Å². The molecule has 18 heavy (non-hydrogen) atoms. The molecule has 0 amide bonds. The van der Waals surface area contributed by atoms with Crippen LogP contribution in [-0.2, 0) is 6.42 Å². The third kappa shape index (κ3) is 3.37. The highest BCUT2D eigenvalue weighted by Gasteiger charge is 2.25. The van der Waals surface area contributed by atoms with Crippen molar-refractivity contribution in [2.75, 3.05) is 27.2 Å². The Morgan fingerprint density at radius 1 is 1.39 bits per heavy atom. The second kappa shape index (κ2) is 6.07. The lowest BCUT2D eigenvalue weighted by atomic mass is 9.91. The average Bonchev–Trinajstić information content (AvgIpc) is 2.33. The summed E-state index contributed by atoms with van der Waals surface area (Å²) in [5.74, 6) is 0.716. The molecule has 3 N–H and O–H groups in total. The maximum absolute atomic E-state index is 9.67. The minimum absolute atomic E-state index is 0.0968. The van der Waals surface area contributed by atoms with Crippen molar-refractivity contribution in [1.82, 2.24) is 4.90 Å². The molecular weight excluding hydrogens is 228 g/mol. The molecule has 1 atom stereocenters. The van der Waals surface area contributed by atoms with E-state index in [1.807, 2.05) is 33.2 Å². The van der Waals surface area contributed by atoms with Gasteiger partial charge in [0.05, 0.1) is 6.61 Å². The van der Waals surface area contributed by atoms with Gasteiger partial charge in [0.2, 0.25) is 0 Å². The standard InChI is InChI=1S/C14H24N2O2/c1-5-18-13-8-11(6-7-12(13)17)9-14(2,10-15)16(3)4/h6-8,17H,5,9-10,15H2,1-4H3. The molecule has 0 saturated carbocycles. The summed E-state index contributed by atoms with van der Waals surface area (Å²) < 4.78 is 5.39. The van der Waals surface area contributed by atoms with Crippen LogP contribution in [0.1, 0.15) is 19.4 Å². The summed E-state index contributed by atoms with van der Waals surface area (Å²) in [6.07, 6.45) is 0.816. The van der Waals surface area contributed by atoms with Crippen molar-refractivity contribution in [2.45, 2.75) is 25.8 Å². The number of hydrogen-bond acceptors (Lipinski definition) is 4. The van der Waals surface area contributed by atoms with Gasteiger partial charge in [-0.15, -0.1) is 0 Å². The van der Waals surface area contributed by atoms with Crippen LogP contribution in [0.4, 0.5) is 0 Å². The van der Waals surface area contributed by atoms with Crippen LogP contribution < -0.4 is 10.5 Å². The largest absolute Gasteiger partial charge is 0.504 e. The maximum Gasteiger partial charge on any atom is 0.161 e. The number of phenolic OH excluding ortho intramolecular Hbond substituents is 1. The van der Waals surface area contributed by atoms with E-state index in [2.05, 4.69) is 11.8 Å². The minimum Gasteiger partial charge on any atom is -0.504 e. The van der Waals surface area contributed by atoms with Gasteiger partial charge in [-0.2, -0.15) is 0 Å². The summed E-state index contributed by atoms with van der Waals surface area (Å²) in [4.78, 5) is 2.13. The lowest BCUT2D eigenvalue weighted by Gasteiger charge is -2.35. The molecule has 0 bridgehead atoms. The Morgan fingerprint density at radius 3 is 2.56 bits per heavy atom. The first-order chi connectivity index (χ1) is 8.42. The number of phenols is 1. The molecule has 0 fully saturated rings. The van der Waals surface area contributed by atoms with Gasteiger partial charge in [-0.1, -0.05) is 6.07 Å². The fourth-order valence-corrected chi connectivity index (χ4v) is 1.79. The van der Waals surface area contributed by atoms with Gasteiger partial charge < -0.3 is 20.5 Å². The quantitative estimate of drug-likeness (QED) is 0.807. The van der Waals surface area contributed by atoms with Crippen molar-refractivity contribution in [2.24, 2.45) is 5.73 Å². The number of benzene rings is 1. The molecular formula is C14H24N2O2. The molecule has 0 aliphatic carbocycles. The van der Waals surface area contributed by atoms with E-state index >= 15 is 0 Å². The second-order valence-corrected chi connectivity index (χ2v) is 5.01. The van der Waals surface area contributed by atoms with E-state index in [4.69, 9.17) is 10.5 Å². The van der Waals surface area contributed by atoms with Crippen LogP contribution in [0.2, 0.25) is 0 Å². The Labute approximate surface area is 109 Å². The van der Waals surface area contributed by atoms with Crippen molar-refractivity contribution in [3.05, 3.63) is 23.8 Å². The zero-order valence-corrected chi connectivity index (χ0v) is 11.7. The van der Waals surface area contributed by atoms with Gasteiger partial charge in [-0.25, -0.2) is 0 Å². The highest BCUT2D eigenvalue weighted by atomic mass is 16.5. The molecule has 0 aliphatic rings. The third-order valence-electron chi connectivity index (χ3n) is 3.43. The molecule has 102 valence electrons. The molecule has 1 rings (SSSR count). The molecule has 0 spiro atoms. The van der Waals surface area contributed by atoms with Crippen LogP contribution in [-0.4, -0.2) is 42.8 Å². The van der Waals surface area contributed by atoms with Crippen LogP contribution in [0.15, 0.2) is 18.2 Å². The van der Waals surface area contributed by atoms with Crippen LogP contribution in [0.3, 0.4) is 0 Å². The zero-order valence-electron chi connectivity index (χ0n) is 11.7. The Balaban J connectivity index is 2.94. The van der Waals surface area contributed by atoms with Gasteiger partial charge in [0.15, 0.2) is 11.5 Å². The first-order valence-corrected chi connectivity index (χ1v) is 6.25. The Kier molecular flexibility index (Phi) is 4.99. The molecule has 0 radical (unpaired) electrons. The van der Waals surface area contributed by atoms with E-state index in [0.717, 1.165) is 12.0 Å². The summed E-state index contributed by atoms with van der Waals surface area (Å²) in [6.45, 7) is 5.14. The molecule has 4 heteroatoms.